The van der Waals surface area contributed by atoms with Crippen LogP contribution in [0, 0.1) is 11.6 Å². The van der Waals surface area contributed by atoms with Crippen LogP contribution in [0.1, 0.15) is 5.69 Å². The summed E-state index contributed by atoms with van der Waals surface area (Å²) in [6.45, 7) is 1.39. The number of hydrogen-bond donors (Lipinski definition) is 1. The van der Waals surface area contributed by atoms with Gasteiger partial charge in [-0.25, -0.2) is 8.78 Å². The van der Waals surface area contributed by atoms with E-state index in [1.54, 1.807) is 7.05 Å². The molecule has 5 nitrogen and oxygen atoms in total. The fourth-order valence-electron chi connectivity index (χ4n) is 2.28. The molecule has 0 atom stereocenters. The molecule has 8 heteroatoms. The fourth-order valence-corrected chi connectivity index (χ4v) is 2.28. The first-order chi connectivity index (χ1) is 11.5. The molecular formula is C17H23F2IN4O. The number of nitrogens with one attached hydrogen (secondary N) is 1. The number of aromatic nitrogens is 1. The van der Waals surface area contributed by atoms with Crippen molar-refractivity contribution in [3.8, 4) is 5.75 Å². The SMILES string of the molecule is CN=C(NCCOc1ccc(F)cc1F)N(C)Cc1cccn1C.I. The molecule has 25 heavy (non-hydrogen) atoms. The van der Waals surface area contributed by atoms with Crippen molar-refractivity contribution in [3.63, 3.8) is 0 Å². The summed E-state index contributed by atoms with van der Waals surface area (Å²) in [5, 5.41) is 3.15. The van der Waals surface area contributed by atoms with Crippen molar-refractivity contribution >= 4 is 29.9 Å². The van der Waals surface area contributed by atoms with Crippen LogP contribution in [0.4, 0.5) is 8.78 Å². The van der Waals surface area contributed by atoms with Gasteiger partial charge in [0, 0.05) is 39.1 Å². The molecule has 0 spiro atoms. The predicted molar refractivity (Wildman–Crippen MR) is 106 cm³/mol. The van der Waals surface area contributed by atoms with E-state index >= 15 is 0 Å². The lowest BCUT2D eigenvalue weighted by molar-refractivity contribution is 0.302. The maximum Gasteiger partial charge on any atom is 0.193 e. The van der Waals surface area contributed by atoms with Gasteiger partial charge in [-0.2, -0.15) is 0 Å². The van der Waals surface area contributed by atoms with Crippen LogP contribution >= 0.6 is 24.0 Å². The second-order valence-corrected chi connectivity index (χ2v) is 5.36. The second-order valence-electron chi connectivity index (χ2n) is 5.36. The number of halogens is 3. The van der Waals surface area contributed by atoms with E-state index in [4.69, 9.17) is 4.74 Å². The van der Waals surface area contributed by atoms with E-state index in [1.807, 2.05) is 41.9 Å². The Morgan fingerprint density at radius 2 is 2.08 bits per heavy atom. The lowest BCUT2D eigenvalue weighted by Crippen LogP contribution is -2.40. The molecule has 138 valence electrons. The zero-order valence-electron chi connectivity index (χ0n) is 14.5. The summed E-state index contributed by atoms with van der Waals surface area (Å²) in [5.74, 6) is -0.592. The number of ether oxygens (including phenoxy) is 1. The van der Waals surface area contributed by atoms with Crippen molar-refractivity contribution in [1.29, 1.82) is 0 Å². The van der Waals surface area contributed by atoms with Crippen LogP contribution in [0.15, 0.2) is 41.5 Å². The zero-order chi connectivity index (χ0) is 17.5. The van der Waals surface area contributed by atoms with Gasteiger partial charge in [0.15, 0.2) is 17.5 Å². The lowest BCUT2D eigenvalue weighted by Gasteiger charge is -2.22. The van der Waals surface area contributed by atoms with Crippen molar-refractivity contribution < 1.29 is 13.5 Å². The molecular weight excluding hydrogens is 441 g/mol. The summed E-state index contributed by atoms with van der Waals surface area (Å²) in [5.41, 5.74) is 1.16. The van der Waals surface area contributed by atoms with E-state index in [1.165, 1.54) is 12.1 Å². The van der Waals surface area contributed by atoms with Gasteiger partial charge in [0.2, 0.25) is 0 Å². The molecule has 0 unspecified atom stereocenters. The summed E-state index contributed by atoms with van der Waals surface area (Å²) in [4.78, 5) is 6.19. The van der Waals surface area contributed by atoms with Crippen molar-refractivity contribution in [2.45, 2.75) is 6.54 Å². The first-order valence-electron chi connectivity index (χ1n) is 7.61. The second kappa shape index (κ2) is 10.2. The van der Waals surface area contributed by atoms with Gasteiger partial charge in [0.25, 0.3) is 0 Å². The van der Waals surface area contributed by atoms with Gasteiger partial charge in [0.1, 0.15) is 12.4 Å². The molecule has 1 aromatic carbocycles. The van der Waals surface area contributed by atoms with Gasteiger partial charge in [0.05, 0.1) is 13.1 Å². The van der Waals surface area contributed by atoms with Crippen molar-refractivity contribution in [2.24, 2.45) is 12.0 Å². The molecule has 0 aliphatic heterocycles. The third-order valence-electron chi connectivity index (χ3n) is 3.56. The molecule has 1 aromatic heterocycles. The Balaban J connectivity index is 0.00000312. The first kappa shape index (κ1) is 21.2. The van der Waals surface area contributed by atoms with Crippen LogP contribution < -0.4 is 10.1 Å². The van der Waals surface area contributed by atoms with Crippen LogP contribution in [-0.4, -0.2) is 42.7 Å². The Morgan fingerprint density at radius 3 is 2.68 bits per heavy atom. The van der Waals surface area contributed by atoms with E-state index in [0.29, 0.717) is 19.0 Å². The number of nitrogens with zero attached hydrogens (tertiary/aromatic N) is 3. The molecule has 0 saturated heterocycles. The molecule has 1 heterocycles. The zero-order valence-corrected chi connectivity index (χ0v) is 16.8. The van der Waals surface area contributed by atoms with E-state index < -0.39 is 11.6 Å². The Morgan fingerprint density at radius 1 is 1.32 bits per heavy atom. The molecule has 0 aliphatic carbocycles. The van der Waals surface area contributed by atoms with Gasteiger partial charge in [-0.3, -0.25) is 4.99 Å². The molecule has 0 aliphatic rings. The van der Waals surface area contributed by atoms with Gasteiger partial charge in [-0.05, 0) is 24.3 Å². The molecule has 1 N–H and O–H groups in total. The van der Waals surface area contributed by atoms with Crippen LogP contribution in [-0.2, 0) is 13.6 Å². The fraction of sp³-hybridized carbons (Fsp3) is 0.353. The minimum Gasteiger partial charge on any atom is -0.489 e. The quantitative estimate of drug-likeness (QED) is 0.310. The summed E-state index contributed by atoms with van der Waals surface area (Å²) in [6.07, 6.45) is 1.99. The molecule has 2 rings (SSSR count). The summed E-state index contributed by atoms with van der Waals surface area (Å²) in [6, 6.07) is 7.28. The van der Waals surface area contributed by atoms with Gasteiger partial charge < -0.3 is 19.5 Å². The summed E-state index contributed by atoms with van der Waals surface area (Å²) < 4.78 is 33.6. The van der Waals surface area contributed by atoms with Crippen molar-refractivity contribution in [1.82, 2.24) is 14.8 Å². The minimum atomic E-state index is -0.708. The highest BCUT2D eigenvalue weighted by Crippen LogP contribution is 2.17. The Hall–Kier alpha value is -1.84. The van der Waals surface area contributed by atoms with E-state index in [-0.39, 0.29) is 36.3 Å². The molecule has 0 amide bonds. The number of guanidine groups is 1. The average Bonchev–Trinajstić information content (AvgIpc) is 2.94. The predicted octanol–water partition coefficient (Wildman–Crippen LogP) is 3.01. The first-order valence-corrected chi connectivity index (χ1v) is 7.61. The normalized spacial score (nSPS) is 11.0. The molecule has 0 fully saturated rings. The average molecular weight is 464 g/mol. The van der Waals surface area contributed by atoms with Crippen LogP contribution in [0.3, 0.4) is 0 Å². The largest absolute Gasteiger partial charge is 0.489 e. The molecule has 0 bridgehead atoms. The number of hydrogen-bond acceptors (Lipinski definition) is 2. The van der Waals surface area contributed by atoms with Crippen molar-refractivity contribution in [2.75, 3.05) is 27.2 Å². The Bertz CT molecular complexity index is 706. The number of aryl methyl sites for hydroxylation is 1. The molecule has 0 saturated carbocycles. The summed E-state index contributed by atoms with van der Waals surface area (Å²) >= 11 is 0. The number of benzene rings is 1. The highest BCUT2D eigenvalue weighted by atomic mass is 127. The van der Waals surface area contributed by atoms with E-state index in [2.05, 4.69) is 10.3 Å². The minimum absolute atomic E-state index is 0. The van der Waals surface area contributed by atoms with Gasteiger partial charge in [-0.1, -0.05) is 0 Å². The maximum atomic E-state index is 13.5. The van der Waals surface area contributed by atoms with E-state index in [9.17, 15) is 8.78 Å². The third kappa shape index (κ3) is 6.18. The van der Waals surface area contributed by atoms with Crippen LogP contribution in [0.25, 0.3) is 0 Å². The van der Waals surface area contributed by atoms with Crippen LogP contribution in [0.5, 0.6) is 5.75 Å². The topological polar surface area (TPSA) is 41.8 Å². The van der Waals surface area contributed by atoms with Crippen molar-refractivity contribution in [3.05, 3.63) is 53.9 Å². The molecule has 0 radical (unpaired) electrons. The number of aliphatic imine (C=N–C) groups is 1. The Labute approximate surface area is 163 Å². The molecule has 2 aromatic rings. The highest BCUT2D eigenvalue weighted by Gasteiger charge is 2.09. The van der Waals surface area contributed by atoms with Crippen LogP contribution in [0.2, 0.25) is 0 Å². The third-order valence-corrected chi connectivity index (χ3v) is 3.56. The highest BCUT2D eigenvalue weighted by molar-refractivity contribution is 14.0. The van der Waals surface area contributed by atoms with Gasteiger partial charge >= 0.3 is 0 Å². The van der Waals surface area contributed by atoms with E-state index in [0.717, 1.165) is 11.8 Å². The Kier molecular flexibility index (Phi) is 8.67. The number of rotatable bonds is 6. The maximum absolute atomic E-state index is 13.5. The lowest BCUT2D eigenvalue weighted by atomic mass is 10.3. The smallest absolute Gasteiger partial charge is 0.193 e. The van der Waals surface area contributed by atoms with Gasteiger partial charge in [-0.15, -0.1) is 24.0 Å². The monoisotopic (exact) mass is 464 g/mol. The standard InChI is InChI=1S/C17H22F2N4O.HI/c1-20-17(23(3)12-14-5-4-9-22(14)2)21-8-10-24-16-7-6-13(18)11-15(16)19;/h4-7,9,11H,8,10,12H2,1-3H3,(H,20,21);1H. The summed E-state index contributed by atoms with van der Waals surface area (Å²) in [7, 11) is 5.62.